The number of aromatic nitrogens is 3. The SMILES string of the molecule is Cc1ccc(-n2cnnc2SC(C)C(=O)Nc2ccc(C(N)=O)cc2)c(C)c1. The molecule has 0 saturated carbocycles. The van der Waals surface area contributed by atoms with Gasteiger partial charge in [-0.05, 0) is 56.7 Å². The summed E-state index contributed by atoms with van der Waals surface area (Å²) >= 11 is 1.32. The molecule has 0 aliphatic rings. The summed E-state index contributed by atoms with van der Waals surface area (Å²) in [5.41, 5.74) is 9.48. The zero-order valence-electron chi connectivity index (χ0n) is 15.8. The van der Waals surface area contributed by atoms with Crippen LogP contribution in [0.25, 0.3) is 5.69 Å². The first-order chi connectivity index (χ1) is 13.3. The Labute approximate surface area is 167 Å². The van der Waals surface area contributed by atoms with Crippen molar-refractivity contribution in [2.45, 2.75) is 31.2 Å². The predicted octanol–water partition coefficient (Wildman–Crippen LogP) is 3.10. The Bertz CT molecular complexity index is 1010. The molecule has 2 amide bonds. The third-order valence-corrected chi connectivity index (χ3v) is 5.27. The molecule has 0 radical (unpaired) electrons. The molecule has 0 bridgehead atoms. The molecule has 2 aromatic carbocycles. The largest absolute Gasteiger partial charge is 0.366 e. The Morgan fingerprint density at radius 2 is 1.86 bits per heavy atom. The van der Waals surface area contributed by atoms with Crippen molar-refractivity contribution in [2.75, 3.05) is 5.32 Å². The standard InChI is InChI=1S/C20H21N5O2S/c1-12-4-9-17(13(2)10-12)25-11-22-24-20(25)28-14(3)19(27)23-16-7-5-15(6-8-16)18(21)26/h4-11,14H,1-3H3,(H2,21,26)(H,23,27). The van der Waals surface area contributed by atoms with Gasteiger partial charge in [-0.15, -0.1) is 10.2 Å². The van der Waals surface area contributed by atoms with E-state index >= 15 is 0 Å². The van der Waals surface area contributed by atoms with E-state index in [1.807, 2.05) is 30.5 Å². The van der Waals surface area contributed by atoms with E-state index in [9.17, 15) is 9.59 Å². The predicted molar refractivity (Wildman–Crippen MR) is 110 cm³/mol. The van der Waals surface area contributed by atoms with Gasteiger partial charge in [0.25, 0.3) is 0 Å². The lowest BCUT2D eigenvalue weighted by molar-refractivity contribution is -0.115. The maximum atomic E-state index is 12.5. The number of aryl methyl sites for hydroxylation is 2. The van der Waals surface area contributed by atoms with Crippen molar-refractivity contribution in [3.05, 3.63) is 65.5 Å². The summed E-state index contributed by atoms with van der Waals surface area (Å²) in [7, 11) is 0. The minimum absolute atomic E-state index is 0.174. The van der Waals surface area contributed by atoms with E-state index in [0.29, 0.717) is 16.4 Å². The highest BCUT2D eigenvalue weighted by molar-refractivity contribution is 8.00. The lowest BCUT2D eigenvalue weighted by Gasteiger charge is -2.14. The summed E-state index contributed by atoms with van der Waals surface area (Å²) in [4.78, 5) is 23.7. The average Bonchev–Trinajstić information content (AvgIpc) is 3.10. The first kappa shape index (κ1) is 19.6. The van der Waals surface area contributed by atoms with Crippen LogP contribution in [0.5, 0.6) is 0 Å². The van der Waals surface area contributed by atoms with Gasteiger partial charge in [0.1, 0.15) is 6.33 Å². The number of amides is 2. The molecular weight excluding hydrogens is 374 g/mol. The van der Waals surface area contributed by atoms with E-state index < -0.39 is 11.2 Å². The highest BCUT2D eigenvalue weighted by Crippen LogP contribution is 2.26. The van der Waals surface area contributed by atoms with Crippen LogP contribution in [-0.4, -0.2) is 31.8 Å². The van der Waals surface area contributed by atoms with Gasteiger partial charge in [0.2, 0.25) is 11.8 Å². The second-order valence-electron chi connectivity index (χ2n) is 6.46. The first-order valence-electron chi connectivity index (χ1n) is 8.70. The molecule has 0 spiro atoms. The number of nitrogens with zero attached hydrogens (tertiary/aromatic N) is 3. The zero-order chi connectivity index (χ0) is 20.3. The van der Waals surface area contributed by atoms with Crippen molar-refractivity contribution in [1.82, 2.24) is 14.8 Å². The summed E-state index contributed by atoms with van der Waals surface area (Å²) in [6.45, 7) is 5.88. The highest BCUT2D eigenvalue weighted by atomic mass is 32.2. The van der Waals surface area contributed by atoms with Gasteiger partial charge in [-0.25, -0.2) is 0 Å². The van der Waals surface area contributed by atoms with Crippen LogP contribution in [0.2, 0.25) is 0 Å². The topological polar surface area (TPSA) is 103 Å². The lowest BCUT2D eigenvalue weighted by atomic mass is 10.1. The maximum absolute atomic E-state index is 12.5. The van der Waals surface area contributed by atoms with Gasteiger partial charge in [-0.3, -0.25) is 14.2 Å². The Kier molecular flexibility index (Phi) is 5.79. The normalized spacial score (nSPS) is 11.8. The highest BCUT2D eigenvalue weighted by Gasteiger charge is 2.19. The number of benzene rings is 2. The van der Waals surface area contributed by atoms with Gasteiger partial charge in [0.05, 0.1) is 10.9 Å². The van der Waals surface area contributed by atoms with Crippen LogP contribution in [0.4, 0.5) is 5.69 Å². The molecule has 28 heavy (non-hydrogen) atoms. The van der Waals surface area contributed by atoms with E-state index in [1.165, 1.54) is 17.3 Å². The van der Waals surface area contributed by atoms with Crippen LogP contribution in [0.3, 0.4) is 0 Å². The number of hydrogen-bond acceptors (Lipinski definition) is 5. The quantitative estimate of drug-likeness (QED) is 0.624. The number of thioether (sulfide) groups is 1. The number of nitrogens with one attached hydrogen (secondary N) is 1. The van der Waals surface area contributed by atoms with E-state index in [0.717, 1.165) is 11.3 Å². The molecule has 8 heteroatoms. The molecule has 0 fully saturated rings. The van der Waals surface area contributed by atoms with Crippen LogP contribution in [0, 0.1) is 13.8 Å². The molecule has 144 valence electrons. The monoisotopic (exact) mass is 395 g/mol. The summed E-state index contributed by atoms with van der Waals surface area (Å²) < 4.78 is 1.88. The molecule has 3 aromatic rings. The van der Waals surface area contributed by atoms with Crippen LogP contribution < -0.4 is 11.1 Å². The first-order valence-corrected chi connectivity index (χ1v) is 9.58. The number of hydrogen-bond donors (Lipinski definition) is 2. The summed E-state index contributed by atoms with van der Waals surface area (Å²) in [6.07, 6.45) is 1.65. The fraction of sp³-hybridized carbons (Fsp3) is 0.200. The Morgan fingerprint density at radius 3 is 2.50 bits per heavy atom. The molecule has 1 unspecified atom stereocenters. The van der Waals surface area contributed by atoms with Gasteiger partial charge in [-0.1, -0.05) is 29.5 Å². The van der Waals surface area contributed by atoms with E-state index in [1.54, 1.807) is 37.5 Å². The Hall–Kier alpha value is -3.13. The zero-order valence-corrected chi connectivity index (χ0v) is 16.7. The van der Waals surface area contributed by atoms with Crippen LogP contribution in [-0.2, 0) is 4.79 Å². The molecule has 0 saturated heterocycles. The lowest BCUT2D eigenvalue weighted by Crippen LogP contribution is -2.23. The van der Waals surface area contributed by atoms with Crippen molar-refractivity contribution < 1.29 is 9.59 Å². The molecule has 1 aromatic heterocycles. The van der Waals surface area contributed by atoms with Crippen LogP contribution >= 0.6 is 11.8 Å². The molecule has 1 heterocycles. The molecule has 7 nitrogen and oxygen atoms in total. The number of nitrogens with two attached hydrogens (primary N) is 1. The van der Waals surface area contributed by atoms with Crippen molar-refractivity contribution in [2.24, 2.45) is 5.73 Å². The number of primary amides is 1. The second kappa shape index (κ2) is 8.26. The van der Waals surface area contributed by atoms with E-state index in [4.69, 9.17) is 5.73 Å². The van der Waals surface area contributed by atoms with Gasteiger partial charge >= 0.3 is 0 Å². The molecule has 1 atom stereocenters. The van der Waals surface area contributed by atoms with Gasteiger partial charge in [0, 0.05) is 11.3 Å². The molecule has 0 aliphatic heterocycles. The van der Waals surface area contributed by atoms with Crippen molar-refractivity contribution in [1.29, 1.82) is 0 Å². The third-order valence-electron chi connectivity index (χ3n) is 4.22. The summed E-state index contributed by atoms with van der Waals surface area (Å²) in [5.74, 6) is -0.681. The molecular formula is C20H21N5O2S. The number of carbonyl (C=O) groups is 2. The summed E-state index contributed by atoms with van der Waals surface area (Å²) in [6, 6.07) is 12.6. The molecule has 3 rings (SSSR count). The van der Waals surface area contributed by atoms with Crippen molar-refractivity contribution in [3.63, 3.8) is 0 Å². The third kappa shape index (κ3) is 4.40. The van der Waals surface area contributed by atoms with Gasteiger partial charge in [0.15, 0.2) is 5.16 Å². The maximum Gasteiger partial charge on any atom is 0.248 e. The molecule has 0 aliphatic carbocycles. The Balaban J connectivity index is 1.71. The molecule has 3 N–H and O–H groups in total. The van der Waals surface area contributed by atoms with E-state index in [-0.39, 0.29) is 5.91 Å². The fourth-order valence-corrected chi connectivity index (χ4v) is 3.55. The van der Waals surface area contributed by atoms with E-state index in [2.05, 4.69) is 21.6 Å². The van der Waals surface area contributed by atoms with Crippen LogP contribution in [0.15, 0.2) is 53.9 Å². The second-order valence-corrected chi connectivity index (χ2v) is 7.77. The number of anilines is 1. The minimum Gasteiger partial charge on any atom is -0.366 e. The van der Waals surface area contributed by atoms with Gasteiger partial charge < -0.3 is 11.1 Å². The number of rotatable bonds is 6. The fourth-order valence-electron chi connectivity index (χ4n) is 2.72. The number of carbonyl (C=O) groups excluding carboxylic acids is 2. The van der Waals surface area contributed by atoms with Crippen molar-refractivity contribution in [3.8, 4) is 5.69 Å². The van der Waals surface area contributed by atoms with Crippen molar-refractivity contribution >= 4 is 29.3 Å². The smallest absolute Gasteiger partial charge is 0.248 e. The average molecular weight is 395 g/mol. The summed E-state index contributed by atoms with van der Waals surface area (Å²) in [5, 5.41) is 11.2. The Morgan fingerprint density at radius 1 is 1.14 bits per heavy atom. The minimum atomic E-state index is -0.507. The van der Waals surface area contributed by atoms with Gasteiger partial charge in [-0.2, -0.15) is 0 Å². The van der Waals surface area contributed by atoms with Crippen LogP contribution in [0.1, 0.15) is 28.4 Å².